The number of hydrogen-bond donors (Lipinski definition) is 0. The van der Waals surface area contributed by atoms with Gasteiger partial charge in [-0.05, 0) is 24.3 Å². The SMILES string of the molecule is CC1(CN2C(=O)N(COCC[Si](C)(C)C)C(=O)[C@]23CCOC3)CCC(=O)CC1. The maximum atomic E-state index is 13.2. The quantitative estimate of drug-likeness (QED) is 0.366. The Morgan fingerprint density at radius 2 is 1.79 bits per heavy atom. The first kappa shape index (κ1) is 21.5. The van der Waals surface area contributed by atoms with E-state index >= 15 is 0 Å². The monoisotopic (exact) mass is 410 g/mol. The largest absolute Gasteiger partial charge is 0.378 e. The number of urea groups is 1. The molecule has 0 aromatic rings. The number of imide groups is 1. The zero-order valence-corrected chi connectivity index (χ0v) is 18.7. The normalized spacial score (nSPS) is 28.1. The lowest BCUT2D eigenvalue weighted by molar-refractivity contribution is -0.137. The first-order valence-corrected chi connectivity index (χ1v) is 14.1. The van der Waals surface area contributed by atoms with Gasteiger partial charge in [0.2, 0.25) is 0 Å². The Kier molecular flexibility index (Phi) is 6.03. The van der Waals surface area contributed by atoms with Gasteiger partial charge in [0.15, 0.2) is 0 Å². The Morgan fingerprint density at radius 3 is 2.36 bits per heavy atom. The van der Waals surface area contributed by atoms with Gasteiger partial charge in [0.1, 0.15) is 18.1 Å². The Morgan fingerprint density at radius 1 is 1.11 bits per heavy atom. The third-order valence-corrected chi connectivity index (χ3v) is 8.10. The van der Waals surface area contributed by atoms with Crippen molar-refractivity contribution in [1.82, 2.24) is 9.80 Å². The lowest BCUT2D eigenvalue weighted by Gasteiger charge is -2.40. The zero-order valence-electron chi connectivity index (χ0n) is 17.7. The highest BCUT2D eigenvalue weighted by molar-refractivity contribution is 6.76. The summed E-state index contributed by atoms with van der Waals surface area (Å²) < 4.78 is 11.3. The molecular weight excluding hydrogens is 376 g/mol. The first-order valence-electron chi connectivity index (χ1n) is 10.4. The van der Waals surface area contributed by atoms with Gasteiger partial charge < -0.3 is 14.4 Å². The molecule has 0 bridgehead atoms. The number of carbonyl (C=O) groups excluding carboxylic acids is 3. The van der Waals surface area contributed by atoms with Crippen molar-refractivity contribution in [3.63, 3.8) is 0 Å². The van der Waals surface area contributed by atoms with Gasteiger partial charge in [-0.2, -0.15) is 0 Å². The molecule has 1 spiro atoms. The van der Waals surface area contributed by atoms with Gasteiger partial charge in [-0.25, -0.2) is 9.69 Å². The van der Waals surface area contributed by atoms with Crippen LogP contribution < -0.4 is 0 Å². The van der Waals surface area contributed by atoms with Crippen molar-refractivity contribution in [3.8, 4) is 0 Å². The van der Waals surface area contributed by atoms with E-state index in [1.54, 1.807) is 4.90 Å². The van der Waals surface area contributed by atoms with Crippen LogP contribution in [-0.2, 0) is 19.1 Å². The van der Waals surface area contributed by atoms with Gasteiger partial charge >= 0.3 is 6.03 Å². The molecular formula is C20H34N2O5Si. The van der Waals surface area contributed by atoms with E-state index in [1.807, 2.05) is 0 Å². The van der Waals surface area contributed by atoms with Crippen LogP contribution in [0.15, 0.2) is 0 Å². The van der Waals surface area contributed by atoms with Gasteiger partial charge in [-0.1, -0.05) is 26.6 Å². The Labute approximate surface area is 168 Å². The molecule has 0 N–H and O–H groups in total. The standard InChI is InChI=1S/C20H34N2O5Si/c1-19(7-5-16(23)6-8-19)13-22-18(25)21(15-27-11-12-28(2,3)4)17(24)20(22)9-10-26-14-20/h5-15H2,1-4H3/t20-/m1/s1. The molecule has 0 radical (unpaired) electrons. The molecule has 0 aromatic carbocycles. The molecule has 3 rings (SSSR count). The predicted octanol–water partition coefficient (Wildman–Crippen LogP) is 2.87. The van der Waals surface area contributed by atoms with Gasteiger partial charge in [0.25, 0.3) is 5.91 Å². The van der Waals surface area contributed by atoms with Gasteiger partial charge in [0.05, 0.1) is 6.61 Å². The third kappa shape index (κ3) is 4.33. The molecule has 2 heterocycles. The maximum absolute atomic E-state index is 13.2. The average Bonchev–Trinajstić information content (AvgIpc) is 3.17. The number of ketones is 1. The fraction of sp³-hybridized carbons (Fsp3) is 0.850. The van der Waals surface area contributed by atoms with Gasteiger partial charge in [-0.3, -0.25) is 9.59 Å². The third-order valence-electron chi connectivity index (χ3n) is 6.39. The van der Waals surface area contributed by atoms with Crippen LogP contribution in [0.1, 0.15) is 39.0 Å². The summed E-state index contributed by atoms with van der Waals surface area (Å²) in [6.07, 6.45) is 3.15. The highest BCUT2D eigenvalue weighted by Gasteiger charge is 2.60. The van der Waals surface area contributed by atoms with E-state index in [-0.39, 0.29) is 36.5 Å². The second kappa shape index (κ2) is 7.87. The molecule has 0 aromatic heterocycles. The molecule has 3 amide bonds. The van der Waals surface area contributed by atoms with Crippen LogP contribution in [-0.4, -0.2) is 74.2 Å². The summed E-state index contributed by atoms with van der Waals surface area (Å²) in [5, 5.41) is 0. The highest BCUT2D eigenvalue weighted by Crippen LogP contribution is 2.42. The van der Waals surface area contributed by atoms with E-state index < -0.39 is 13.6 Å². The summed E-state index contributed by atoms with van der Waals surface area (Å²) in [7, 11) is -1.23. The minimum atomic E-state index is -1.23. The maximum Gasteiger partial charge on any atom is 0.329 e. The number of Topliss-reactive ketones (excluding diaryl/α,β-unsaturated/α-hetero) is 1. The van der Waals surface area contributed by atoms with Gasteiger partial charge in [0, 0.05) is 47.1 Å². The number of nitrogens with zero attached hydrogens (tertiary/aromatic N) is 2. The summed E-state index contributed by atoms with van der Waals surface area (Å²) >= 11 is 0. The highest BCUT2D eigenvalue weighted by atomic mass is 28.3. The summed E-state index contributed by atoms with van der Waals surface area (Å²) in [6, 6.07) is 0.717. The van der Waals surface area contributed by atoms with Crippen LogP contribution in [0.5, 0.6) is 0 Å². The smallest absolute Gasteiger partial charge is 0.329 e. The average molecular weight is 411 g/mol. The molecule has 2 aliphatic heterocycles. The fourth-order valence-electron chi connectivity index (χ4n) is 4.26. The Bertz CT molecular complexity index is 629. The van der Waals surface area contributed by atoms with Crippen LogP contribution in [0.4, 0.5) is 4.79 Å². The zero-order chi connectivity index (χ0) is 20.6. The van der Waals surface area contributed by atoms with Gasteiger partial charge in [-0.15, -0.1) is 0 Å². The molecule has 2 saturated heterocycles. The molecule has 3 aliphatic rings. The number of amides is 3. The summed E-state index contributed by atoms with van der Waals surface area (Å²) in [5.41, 5.74) is -1.04. The van der Waals surface area contributed by atoms with Crippen molar-refractivity contribution in [1.29, 1.82) is 0 Å². The summed E-state index contributed by atoms with van der Waals surface area (Å²) in [6.45, 7) is 10.7. The lowest BCUT2D eigenvalue weighted by Crippen LogP contribution is -2.54. The number of hydrogen-bond acceptors (Lipinski definition) is 5. The Hall–Kier alpha value is -1.25. The molecule has 0 unspecified atom stereocenters. The van der Waals surface area contributed by atoms with Crippen molar-refractivity contribution in [2.45, 2.75) is 70.3 Å². The molecule has 1 saturated carbocycles. The molecule has 7 nitrogen and oxygen atoms in total. The second-order valence-electron chi connectivity index (χ2n) is 10.1. The molecule has 158 valence electrons. The lowest BCUT2D eigenvalue weighted by atomic mass is 9.74. The van der Waals surface area contributed by atoms with Crippen LogP contribution in [0.3, 0.4) is 0 Å². The van der Waals surface area contributed by atoms with Crippen LogP contribution in [0, 0.1) is 5.41 Å². The first-order chi connectivity index (χ1) is 13.1. The van der Waals surface area contributed by atoms with E-state index in [4.69, 9.17) is 9.47 Å². The van der Waals surface area contributed by atoms with E-state index in [9.17, 15) is 14.4 Å². The van der Waals surface area contributed by atoms with Crippen LogP contribution in [0.2, 0.25) is 25.7 Å². The summed E-state index contributed by atoms with van der Waals surface area (Å²) in [4.78, 5) is 41.0. The number of rotatable bonds is 7. The van der Waals surface area contributed by atoms with E-state index in [1.165, 1.54) is 4.90 Å². The molecule has 3 fully saturated rings. The number of carbonyl (C=O) groups is 3. The molecule has 28 heavy (non-hydrogen) atoms. The van der Waals surface area contributed by atoms with Crippen molar-refractivity contribution in [2.24, 2.45) is 5.41 Å². The topological polar surface area (TPSA) is 76.2 Å². The second-order valence-corrected chi connectivity index (χ2v) is 15.8. The summed E-state index contributed by atoms with van der Waals surface area (Å²) in [5.74, 6) is 0.0936. The number of ether oxygens (including phenoxy) is 2. The minimum absolute atomic E-state index is 0.00952. The van der Waals surface area contributed by atoms with Crippen molar-refractivity contribution >= 4 is 25.8 Å². The van der Waals surface area contributed by atoms with Crippen molar-refractivity contribution in [3.05, 3.63) is 0 Å². The van der Waals surface area contributed by atoms with E-state index in [0.717, 1.165) is 18.9 Å². The van der Waals surface area contributed by atoms with Crippen LogP contribution in [0.25, 0.3) is 0 Å². The molecule has 1 aliphatic carbocycles. The fourth-order valence-corrected chi connectivity index (χ4v) is 5.01. The van der Waals surface area contributed by atoms with Crippen LogP contribution >= 0.6 is 0 Å². The van der Waals surface area contributed by atoms with E-state index in [2.05, 4.69) is 26.6 Å². The predicted molar refractivity (Wildman–Crippen MR) is 108 cm³/mol. The van der Waals surface area contributed by atoms with Crippen molar-refractivity contribution in [2.75, 3.05) is 33.1 Å². The minimum Gasteiger partial charge on any atom is -0.378 e. The molecule has 1 atom stereocenters. The van der Waals surface area contributed by atoms with Crippen molar-refractivity contribution < 1.29 is 23.9 Å². The molecule has 8 heteroatoms. The Balaban J connectivity index is 1.70. The van der Waals surface area contributed by atoms with E-state index in [0.29, 0.717) is 39.0 Å².